The molecule has 2 aliphatic heterocycles. The molecule has 1 spiro atoms. The molecule has 2 heterocycles. The zero-order valence-electron chi connectivity index (χ0n) is 14.5. The Bertz CT molecular complexity index is 658. The van der Waals surface area contributed by atoms with Gasteiger partial charge in [-0.3, -0.25) is 4.79 Å². The van der Waals surface area contributed by atoms with Crippen molar-refractivity contribution in [2.75, 3.05) is 19.7 Å². The van der Waals surface area contributed by atoms with Gasteiger partial charge in [-0.2, -0.15) is 13.2 Å². The monoisotopic (exact) mass is 368 g/mol. The van der Waals surface area contributed by atoms with E-state index in [4.69, 9.17) is 4.74 Å². The fourth-order valence-corrected chi connectivity index (χ4v) is 4.51. The number of ether oxygens (including phenoxy) is 1. The first-order chi connectivity index (χ1) is 12.4. The lowest BCUT2D eigenvalue weighted by Crippen LogP contribution is -2.50. The number of nitrogens with one attached hydrogen (secondary N) is 1. The first-order valence-corrected chi connectivity index (χ1v) is 9.19. The predicted octanol–water partition coefficient (Wildman–Crippen LogP) is 2.84. The standard InChI is InChI=1S/C19H23F3N2O2/c20-19(21,22)17(25)24(16-10-15(16)13-4-2-1-3-5-13)14-11-18(26-12-14)6-8-23-9-7-18/h1-5,14-16,23H,6-12H2/t14-,15+,16-/m1/s1. The lowest BCUT2D eigenvalue weighted by atomic mass is 9.88. The molecule has 3 aliphatic rings. The van der Waals surface area contributed by atoms with Gasteiger partial charge >= 0.3 is 12.1 Å². The summed E-state index contributed by atoms with van der Waals surface area (Å²) in [4.78, 5) is 13.3. The van der Waals surface area contributed by atoms with Crippen molar-refractivity contribution in [1.82, 2.24) is 10.2 Å². The summed E-state index contributed by atoms with van der Waals surface area (Å²) in [6.07, 6.45) is -2.21. The molecule has 1 aromatic carbocycles. The molecule has 1 aliphatic carbocycles. The fourth-order valence-electron chi connectivity index (χ4n) is 4.51. The van der Waals surface area contributed by atoms with Crippen LogP contribution in [0.25, 0.3) is 0 Å². The number of benzene rings is 1. The van der Waals surface area contributed by atoms with Crippen LogP contribution in [0.3, 0.4) is 0 Å². The molecular weight excluding hydrogens is 345 g/mol. The minimum atomic E-state index is -4.85. The maximum absolute atomic E-state index is 13.3. The Morgan fingerprint density at radius 1 is 1.19 bits per heavy atom. The van der Waals surface area contributed by atoms with Gasteiger partial charge in [0, 0.05) is 12.0 Å². The van der Waals surface area contributed by atoms with Gasteiger partial charge in [-0.1, -0.05) is 30.3 Å². The molecule has 7 heteroatoms. The molecule has 0 bridgehead atoms. The normalized spacial score (nSPS) is 30.3. The first-order valence-electron chi connectivity index (χ1n) is 9.19. The molecule has 3 fully saturated rings. The SMILES string of the molecule is O=C(N([C@H]1COC2(CCNCC2)C1)[C@@H]1C[C@H]1c1ccccc1)C(F)(F)F. The van der Waals surface area contributed by atoms with Gasteiger partial charge in [0.15, 0.2) is 0 Å². The van der Waals surface area contributed by atoms with Crippen LogP contribution in [0.5, 0.6) is 0 Å². The molecule has 1 aromatic rings. The number of hydrogen-bond donors (Lipinski definition) is 1. The zero-order valence-corrected chi connectivity index (χ0v) is 14.5. The van der Waals surface area contributed by atoms with Gasteiger partial charge in [0.1, 0.15) is 0 Å². The van der Waals surface area contributed by atoms with Crippen molar-refractivity contribution in [3.8, 4) is 0 Å². The summed E-state index contributed by atoms with van der Waals surface area (Å²) in [6.45, 7) is 1.80. The molecule has 1 saturated carbocycles. The number of halogens is 3. The van der Waals surface area contributed by atoms with E-state index in [1.165, 1.54) is 0 Å². The average Bonchev–Trinajstić information content (AvgIpc) is 3.31. The van der Waals surface area contributed by atoms with E-state index in [1.807, 2.05) is 30.3 Å². The Hall–Kier alpha value is -1.60. The van der Waals surface area contributed by atoms with E-state index in [9.17, 15) is 18.0 Å². The fraction of sp³-hybridized carbons (Fsp3) is 0.632. The lowest BCUT2D eigenvalue weighted by molar-refractivity contribution is -0.188. The summed E-state index contributed by atoms with van der Waals surface area (Å²) >= 11 is 0. The predicted molar refractivity (Wildman–Crippen MR) is 89.7 cm³/mol. The van der Waals surface area contributed by atoms with E-state index in [0.717, 1.165) is 36.4 Å². The summed E-state index contributed by atoms with van der Waals surface area (Å²) in [6, 6.07) is 8.58. The van der Waals surface area contributed by atoms with Crippen molar-refractivity contribution in [2.24, 2.45) is 0 Å². The quantitative estimate of drug-likeness (QED) is 0.892. The molecule has 26 heavy (non-hydrogen) atoms. The van der Waals surface area contributed by atoms with E-state index >= 15 is 0 Å². The van der Waals surface area contributed by atoms with Crippen molar-refractivity contribution in [3.05, 3.63) is 35.9 Å². The second-order valence-corrected chi connectivity index (χ2v) is 7.63. The molecule has 1 N–H and O–H groups in total. The van der Waals surface area contributed by atoms with E-state index in [-0.39, 0.29) is 18.1 Å². The van der Waals surface area contributed by atoms with Crippen molar-refractivity contribution in [1.29, 1.82) is 0 Å². The van der Waals surface area contributed by atoms with Gasteiger partial charge < -0.3 is 15.0 Å². The van der Waals surface area contributed by atoms with Gasteiger partial charge in [-0.05, 0) is 44.3 Å². The van der Waals surface area contributed by atoms with Crippen LogP contribution in [-0.2, 0) is 9.53 Å². The Morgan fingerprint density at radius 2 is 1.88 bits per heavy atom. The van der Waals surface area contributed by atoms with Crippen LogP contribution < -0.4 is 5.32 Å². The molecule has 142 valence electrons. The smallest absolute Gasteiger partial charge is 0.373 e. The third kappa shape index (κ3) is 3.34. The lowest BCUT2D eigenvalue weighted by Gasteiger charge is -2.34. The molecule has 2 saturated heterocycles. The average molecular weight is 368 g/mol. The Kier molecular flexibility index (Phi) is 4.47. The molecule has 3 atom stereocenters. The summed E-state index contributed by atoms with van der Waals surface area (Å²) < 4.78 is 45.7. The topological polar surface area (TPSA) is 41.6 Å². The number of carbonyl (C=O) groups excluding carboxylic acids is 1. The highest BCUT2D eigenvalue weighted by atomic mass is 19.4. The molecule has 1 amide bonds. The Labute approximate surface area is 150 Å². The van der Waals surface area contributed by atoms with E-state index in [1.54, 1.807) is 0 Å². The van der Waals surface area contributed by atoms with E-state index < -0.39 is 24.2 Å². The second kappa shape index (κ2) is 6.53. The number of carbonyl (C=O) groups is 1. The third-order valence-electron chi connectivity index (χ3n) is 5.92. The first kappa shape index (κ1) is 17.8. The Balaban J connectivity index is 1.54. The number of rotatable bonds is 3. The molecule has 0 radical (unpaired) electrons. The van der Waals surface area contributed by atoms with Gasteiger partial charge in [0.05, 0.1) is 18.2 Å². The Morgan fingerprint density at radius 3 is 2.54 bits per heavy atom. The van der Waals surface area contributed by atoms with Crippen molar-refractivity contribution < 1.29 is 22.7 Å². The highest BCUT2D eigenvalue weighted by Crippen LogP contribution is 2.49. The molecule has 0 unspecified atom stereocenters. The van der Waals surface area contributed by atoms with Crippen molar-refractivity contribution in [3.63, 3.8) is 0 Å². The van der Waals surface area contributed by atoms with E-state index in [0.29, 0.717) is 12.8 Å². The van der Waals surface area contributed by atoms with Crippen LogP contribution in [0.15, 0.2) is 30.3 Å². The van der Waals surface area contributed by atoms with Crippen molar-refractivity contribution in [2.45, 2.75) is 55.5 Å². The number of nitrogens with zero attached hydrogens (tertiary/aromatic N) is 1. The zero-order chi connectivity index (χ0) is 18.4. The second-order valence-electron chi connectivity index (χ2n) is 7.63. The summed E-state index contributed by atoms with van der Waals surface area (Å²) in [5.74, 6) is -1.74. The number of hydrogen-bond acceptors (Lipinski definition) is 3. The van der Waals surface area contributed by atoms with Crippen LogP contribution in [0.4, 0.5) is 13.2 Å². The summed E-state index contributed by atoms with van der Waals surface area (Å²) in [5, 5.41) is 3.25. The highest BCUT2D eigenvalue weighted by molar-refractivity contribution is 5.83. The van der Waals surface area contributed by atoms with Crippen LogP contribution >= 0.6 is 0 Å². The van der Waals surface area contributed by atoms with Crippen LogP contribution in [0, 0.1) is 0 Å². The molecule has 4 nitrogen and oxygen atoms in total. The highest BCUT2D eigenvalue weighted by Gasteiger charge is 2.56. The largest absolute Gasteiger partial charge is 0.471 e. The number of amides is 1. The maximum atomic E-state index is 13.3. The summed E-state index contributed by atoms with van der Waals surface area (Å²) in [7, 11) is 0. The molecule has 0 aromatic heterocycles. The number of alkyl halides is 3. The minimum absolute atomic E-state index is 0.0212. The van der Waals surface area contributed by atoms with Crippen LogP contribution in [-0.4, -0.2) is 54.4 Å². The minimum Gasteiger partial charge on any atom is -0.373 e. The van der Waals surface area contributed by atoms with Gasteiger partial charge in [-0.15, -0.1) is 0 Å². The van der Waals surface area contributed by atoms with Crippen molar-refractivity contribution >= 4 is 5.91 Å². The third-order valence-corrected chi connectivity index (χ3v) is 5.92. The van der Waals surface area contributed by atoms with E-state index in [2.05, 4.69) is 5.32 Å². The van der Waals surface area contributed by atoms with Crippen LogP contribution in [0.2, 0.25) is 0 Å². The van der Waals surface area contributed by atoms with Gasteiger partial charge in [0.25, 0.3) is 0 Å². The van der Waals surface area contributed by atoms with Crippen LogP contribution in [0.1, 0.15) is 37.2 Å². The van der Waals surface area contributed by atoms with Gasteiger partial charge in [-0.25, -0.2) is 0 Å². The van der Waals surface area contributed by atoms with Gasteiger partial charge in [0.2, 0.25) is 0 Å². The number of piperidine rings is 1. The molecule has 4 rings (SSSR count). The maximum Gasteiger partial charge on any atom is 0.471 e. The summed E-state index contributed by atoms with van der Waals surface area (Å²) in [5.41, 5.74) is 0.616. The molecular formula is C19H23F3N2O2.